The van der Waals surface area contributed by atoms with Crippen molar-refractivity contribution >= 4 is 29.9 Å². The molecule has 0 aliphatic rings. The molecule has 0 spiro atoms. The Morgan fingerprint density at radius 3 is 2.56 bits per heavy atom. The molecule has 140 valence electrons. The highest BCUT2D eigenvalue weighted by molar-refractivity contribution is 14.0. The molecular formula is C17H30IN7. The summed E-state index contributed by atoms with van der Waals surface area (Å²) in [5, 5.41) is 12.2. The van der Waals surface area contributed by atoms with Gasteiger partial charge in [-0.05, 0) is 17.9 Å². The van der Waals surface area contributed by atoms with E-state index in [1.54, 1.807) is 0 Å². The molecule has 0 saturated carbocycles. The molecule has 0 aromatic carbocycles. The molecule has 25 heavy (non-hydrogen) atoms. The zero-order valence-electron chi connectivity index (χ0n) is 16.0. The summed E-state index contributed by atoms with van der Waals surface area (Å²) >= 11 is 0. The zero-order chi connectivity index (χ0) is 17.7. The number of hydrogen-bond donors (Lipinski definition) is 1. The summed E-state index contributed by atoms with van der Waals surface area (Å²) in [5.41, 5.74) is 3.61. The van der Waals surface area contributed by atoms with Gasteiger partial charge in [-0.15, -0.1) is 24.0 Å². The van der Waals surface area contributed by atoms with Crippen LogP contribution in [0.3, 0.4) is 0 Å². The second-order valence-corrected chi connectivity index (χ2v) is 6.47. The van der Waals surface area contributed by atoms with E-state index in [4.69, 9.17) is 0 Å². The Hall–Kier alpha value is -1.58. The van der Waals surface area contributed by atoms with Gasteiger partial charge in [-0.3, -0.25) is 14.4 Å². The summed E-state index contributed by atoms with van der Waals surface area (Å²) in [6.07, 6.45) is 6.96. The lowest BCUT2D eigenvalue weighted by atomic mass is 10.1. The summed E-state index contributed by atoms with van der Waals surface area (Å²) in [5.74, 6) is 1.30. The van der Waals surface area contributed by atoms with E-state index in [1.807, 2.05) is 42.9 Å². The van der Waals surface area contributed by atoms with Crippen LogP contribution >= 0.6 is 24.0 Å². The van der Waals surface area contributed by atoms with Gasteiger partial charge in [-0.1, -0.05) is 13.8 Å². The van der Waals surface area contributed by atoms with Gasteiger partial charge < -0.3 is 10.2 Å². The van der Waals surface area contributed by atoms with E-state index in [0.29, 0.717) is 5.92 Å². The molecule has 0 amide bonds. The van der Waals surface area contributed by atoms with Gasteiger partial charge >= 0.3 is 0 Å². The fourth-order valence-corrected chi connectivity index (χ4v) is 2.80. The van der Waals surface area contributed by atoms with Crippen molar-refractivity contribution in [3.8, 4) is 0 Å². The van der Waals surface area contributed by atoms with Crippen LogP contribution in [0.15, 0.2) is 23.6 Å². The van der Waals surface area contributed by atoms with Gasteiger partial charge in [0, 0.05) is 59.2 Å². The summed E-state index contributed by atoms with van der Waals surface area (Å²) in [7, 11) is 7.77. The maximum Gasteiger partial charge on any atom is 0.193 e. The quantitative estimate of drug-likeness (QED) is 0.409. The van der Waals surface area contributed by atoms with Crippen LogP contribution in [-0.4, -0.2) is 51.1 Å². The van der Waals surface area contributed by atoms with Gasteiger partial charge in [0.15, 0.2) is 5.96 Å². The third kappa shape index (κ3) is 6.02. The zero-order valence-corrected chi connectivity index (χ0v) is 18.4. The van der Waals surface area contributed by atoms with Gasteiger partial charge in [0.1, 0.15) is 0 Å². The molecule has 0 atom stereocenters. The molecule has 2 rings (SSSR count). The first-order valence-corrected chi connectivity index (χ1v) is 8.32. The van der Waals surface area contributed by atoms with Crippen LogP contribution in [0.25, 0.3) is 0 Å². The standard InChI is InChI=1S/C17H29N7.HI/c1-13(2)16-15(12-24(6)21-16)11-22(4)17(18-3)19-8-7-14-9-20-23(5)10-14;/h9-10,12-13H,7-8,11H2,1-6H3,(H,18,19);1H. The van der Waals surface area contributed by atoms with Gasteiger partial charge in [-0.25, -0.2) is 0 Å². The van der Waals surface area contributed by atoms with Crippen molar-refractivity contribution in [1.82, 2.24) is 29.8 Å². The first-order chi connectivity index (χ1) is 11.4. The van der Waals surface area contributed by atoms with Crippen molar-refractivity contribution in [2.75, 3.05) is 20.6 Å². The van der Waals surface area contributed by atoms with Crippen molar-refractivity contribution < 1.29 is 0 Å². The van der Waals surface area contributed by atoms with E-state index < -0.39 is 0 Å². The molecular weight excluding hydrogens is 429 g/mol. The number of aromatic nitrogens is 4. The summed E-state index contributed by atoms with van der Waals surface area (Å²) in [4.78, 5) is 6.52. The Morgan fingerprint density at radius 2 is 2.00 bits per heavy atom. The molecule has 0 aliphatic carbocycles. The largest absolute Gasteiger partial charge is 0.356 e. The van der Waals surface area contributed by atoms with Gasteiger partial charge in [-0.2, -0.15) is 10.2 Å². The number of rotatable bonds is 6. The van der Waals surface area contributed by atoms with Crippen LogP contribution in [0, 0.1) is 0 Å². The van der Waals surface area contributed by atoms with Crippen LogP contribution in [0.1, 0.15) is 36.6 Å². The van der Waals surface area contributed by atoms with E-state index >= 15 is 0 Å². The second-order valence-electron chi connectivity index (χ2n) is 6.47. The fraction of sp³-hybridized carbons (Fsp3) is 0.588. The van der Waals surface area contributed by atoms with E-state index in [0.717, 1.165) is 31.2 Å². The minimum absolute atomic E-state index is 0. The Labute approximate surface area is 167 Å². The maximum atomic E-state index is 4.57. The highest BCUT2D eigenvalue weighted by Gasteiger charge is 2.15. The van der Waals surface area contributed by atoms with Gasteiger partial charge in [0.05, 0.1) is 11.9 Å². The molecule has 0 bridgehead atoms. The first kappa shape index (κ1) is 21.5. The van der Waals surface area contributed by atoms with E-state index in [1.165, 1.54) is 11.1 Å². The van der Waals surface area contributed by atoms with E-state index in [-0.39, 0.29) is 24.0 Å². The van der Waals surface area contributed by atoms with Crippen LogP contribution in [0.2, 0.25) is 0 Å². The predicted molar refractivity (Wildman–Crippen MR) is 112 cm³/mol. The van der Waals surface area contributed by atoms with Crippen molar-refractivity contribution in [1.29, 1.82) is 0 Å². The number of guanidine groups is 1. The van der Waals surface area contributed by atoms with Crippen LogP contribution in [0.5, 0.6) is 0 Å². The third-order valence-electron chi connectivity index (χ3n) is 3.92. The molecule has 0 aliphatic heterocycles. The highest BCUT2D eigenvalue weighted by atomic mass is 127. The number of aliphatic imine (C=N–C) groups is 1. The average Bonchev–Trinajstić information content (AvgIpc) is 3.09. The summed E-state index contributed by atoms with van der Waals surface area (Å²) in [6, 6.07) is 0. The molecule has 0 unspecified atom stereocenters. The van der Waals surface area contributed by atoms with Crippen molar-refractivity contribution in [2.45, 2.75) is 32.7 Å². The maximum absolute atomic E-state index is 4.57. The highest BCUT2D eigenvalue weighted by Crippen LogP contribution is 2.18. The minimum atomic E-state index is 0. The van der Waals surface area contributed by atoms with Crippen LogP contribution < -0.4 is 5.32 Å². The number of hydrogen-bond acceptors (Lipinski definition) is 3. The number of nitrogens with one attached hydrogen (secondary N) is 1. The molecule has 0 radical (unpaired) electrons. The molecule has 2 aromatic heterocycles. The molecule has 0 saturated heterocycles. The molecule has 2 aromatic rings. The monoisotopic (exact) mass is 459 g/mol. The number of aryl methyl sites for hydroxylation is 2. The predicted octanol–water partition coefficient (Wildman–Crippen LogP) is 2.14. The number of nitrogens with zero attached hydrogens (tertiary/aromatic N) is 6. The molecule has 7 nitrogen and oxygen atoms in total. The summed E-state index contributed by atoms with van der Waals surface area (Å²) < 4.78 is 3.71. The van der Waals surface area contributed by atoms with E-state index in [2.05, 4.69) is 52.5 Å². The van der Waals surface area contributed by atoms with Crippen molar-refractivity contribution in [2.24, 2.45) is 19.1 Å². The minimum Gasteiger partial charge on any atom is -0.356 e. The summed E-state index contributed by atoms with van der Waals surface area (Å²) in [6.45, 7) is 5.96. The third-order valence-corrected chi connectivity index (χ3v) is 3.92. The normalized spacial score (nSPS) is 11.6. The lowest BCUT2D eigenvalue weighted by molar-refractivity contribution is 0.474. The van der Waals surface area contributed by atoms with Crippen LogP contribution in [0.4, 0.5) is 0 Å². The average molecular weight is 459 g/mol. The van der Waals surface area contributed by atoms with Crippen molar-refractivity contribution in [3.63, 3.8) is 0 Å². The Morgan fingerprint density at radius 1 is 1.28 bits per heavy atom. The number of halogens is 1. The smallest absolute Gasteiger partial charge is 0.193 e. The molecule has 0 fully saturated rings. The fourth-order valence-electron chi connectivity index (χ4n) is 2.80. The Bertz CT molecular complexity index is 687. The molecule has 8 heteroatoms. The SMILES string of the molecule is CN=C(NCCc1cnn(C)c1)N(C)Cc1cn(C)nc1C(C)C.I. The Balaban J connectivity index is 0.00000312. The van der Waals surface area contributed by atoms with Gasteiger partial charge in [0.25, 0.3) is 0 Å². The second kappa shape index (κ2) is 9.79. The topological polar surface area (TPSA) is 63.3 Å². The first-order valence-electron chi connectivity index (χ1n) is 8.32. The Kier molecular flexibility index (Phi) is 8.40. The molecule has 1 N–H and O–H groups in total. The lowest BCUT2D eigenvalue weighted by Gasteiger charge is -2.22. The van der Waals surface area contributed by atoms with Crippen molar-refractivity contribution in [3.05, 3.63) is 35.4 Å². The van der Waals surface area contributed by atoms with Crippen LogP contribution in [-0.2, 0) is 27.1 Å². The van der Waals surface area contributed by atoms with Gasteiger partial charge in [0.2, 0.25) is 0 Å². The molecule has 2 heterocycles. The van der Waals surface area contributed by atoms with E-state index in [9.17, 15) is 0 Å². The lowest BCUT2D eigenvalue weighted by Crippen LogP contribution is -2.39.